The monoisotopic (exact) mass is 228 g/mol. The van der Waals surface area contributed by atoms with E-state index in [1.807, 2.05) is 0 Å². The third-order valence-corrected chi connectivity index (χ3v) is 3.34. The van der Waals surface area contributed by atoms with Crippen LogP contribution in [0.5, 0.6) is 0 Å². The second kappa shape index (κ2) is 3.93. The number of aliphatic carboxylic acids is 1. The first kappa shape index (κ1) is 11.2. The average Bonchev–Trinajstić information content (AvgIpc) is 2.92. The van der Waals surface area contributed by atoms with Gasteiger partial charge in [0.2, 0.25) is 0 Å². The van der Waals surface area contributed by atoms with Gasteiger partial charge in [-0.2, -0.15) is 0 Å². The number of hydrogen-bond acceptors (Lipinski definition) is 3. The molecule has 1 heterocycles. The van der Waals surface area contributed by atoms with Crippen LogP contribution in [-0.4, -0.2) is 52.9 Å². The van der Waals surface area contributed by atoms with Gasteiger partial charge < -0.3 is 20.4 Å². The van der Waals surface area contributed by atoms with E-state index < -0.39 is 17.5 Å². The second-order valence-corrected chi connectivity index (χ2v) is 4.63. The Hall–Kier alpha value is -1.30. The van der Waals surface area contributed by atoms with Crippen molar-refractivity contribution < 1.29 is 19.8 Å². The molecular weight excluding hydrogens is 212 g/mol. The van der Waals surface area contributed by atoms with Gasteiger partial charge in [0.05, 0.1) is 11.5 Å². The van der Waals surface area contributed by atoms with Crippen LogP contribution in [0.3, 0.4) is 0 Å². The van der Waals surface area contributed by atoms with Gasteiger partial charge in [-0.15, -0.1) is 0 Å². The van der Waals surface area contributed by atoms with Crippen molar-refractivity contribution in [1.82, 2.24) is 10.2 Å². The molecule has 2 amide bonds. The lowest BCUT2D eigenvalue weighted by Crippen LogP contribution is -2.42. The van der Waals surface area contributed by atoms with Crippen LogP contribution in [0.2, 0.25) is 0 Å². The Bertz CT molecular complexity index is 314. The first-order valence-corrected chi connectivity index (χ1v) is 5.48. The van der Waals surface area contributed by atoms with E-state index in [0.29, 0.717) is 32.4 Å². The highest BCUT2D eigenvalue weighted by molar-refractivity contribution is 5.80. The van der Waals surface area contributed by atoms with Crippen LogP contribution in [0, 0.1) is 5.41 Å². The van der Waals surface area contributed by atoms with Gasteiger partial charge in [0.15, 0.2) is 0 Å². The summed E-state index contributed by atoms with van der Waals surface area (Å²) in [6.07, 6.45) is 1.41. The SMILES string of the molecule is O=C(NCC1(C(=O)O)CC1)N1CCC(O)C1. The molecular formula is C10H16N2O4. The van der Waals surface area contributed by atoms with Gasteiger partial charge in [-0.25, -0.2) is 4.79 Å². The first-order chi connectivity index (χ1) is 7.53. The molecule has 1 aliphatic carbocycles. The zero-order valence-electron chi connectivity index (χ0n) is 8.98. The molecule has 1 aliphatic heterocycles. The molecule has 1 atom stereocenters. The average molecular weight is 228 g/mol. The van der Waals surface area contributed by atoms with Crippen molar-refractivity contribution in [1.29, 1.82) is 0 Å². The molecule has 0 aromatic heterocycles. The molecule has 2 fully saturated rings. The standard InChI is InChI=1S/C10H16N2O4/c13-7-1-4-12(5-7)9(16)11-6-10(2-3-10)8(14)15/h7,13H,1-6H2,(H,11,16)(H,14,15). The molecule has 1 saturated heterocycles. The fraction of sp³-hybridized carbons (Fsp3) is 0.800. The predicted molar refractivity (Wildman–Crippen MR) is 54.9 cm³/mol. The number of nitrogens with zero attached hydrogens (tertiary/aromatic N) is 1. The van der Waals surface area contributed by atoms with Crippen molar-refractivity contribution in [3.63, 3.8) is 0 Å². The topological polar surface area (TPSA) is 89.9 Å². The van der Waals surface area contributed by atoms with E-state index >= 15 is 0 Å². The molecule has 0 aromatic carbocycles. The van der Waals surface area contributed by atoms with E-state index in [2.05, 4.69) is 5.32 Å². The molecule has 0 aromatic rings. The van der Waals surface area contributed by atoms with Gasteiger partial charge in [0.25, 0.3) is 0 Å². The fourth-order valence-corrected chi connectivity index (χ4v) is 1.90. The van der Waals surface area contributed by atoms with Crippen molar-refractivity contribution in [3.8, 4) is 0 Å². The molecule has 1 saturated carbocycles. The summed E-state index contributed by atoms with van der Waals surface area (Å²) in [5, 5.41) is 20.8. The number of carbonyl (C=O) groups is 2. The van der Waals surface area contributed by atoms with E-state index in [-0.39, 0.29) is 12.6 Å². The number of aliphatic hydroxyl groups is 1. The Morgan fingerprint density at radius 1 is 1.44 bits per heavy atom. The minimum absolute atomic E-state index is 0.188. The predicted octanol–water partition coefficient (Wildman–Crippen LogP) is -0.373. The van der Waals surface area contributed by atoms with Crippen LogP contribution in [0.25, 0.3) is 0 Å². The second-order valence-electron chi connectivity index (χ2n) is 4.63. The quantitative estimate of drug-likeness (QED) is 0.614. The van der Waals surface area contributed by atoms with Gasteiger partial charge in [-0.3, -0.25) is 4.79 Å². The molecule has 0 radical (unpaired) electrons. The van der Waals surface area contributed by atoms with Gasteiger partial charge in [-0.05, 0) is 19.3 Å². The van der Waals surface area contributed by atoms with Crippen molar-refractivity contribution in [2.45, 2.75) is 25.4 Å². The highest BCUT2D eigenvalue weighted by atomic mass is 16.4. The fourth-order valence-electron chi connectivity index (χ4n) is 1.90. The molecule has 2 rings (SSSR count). The number of carboxylic acids is 1. The molecule has 0 spiro atoms. The number of likely N-dealkylation sites (tertiary alicyclic amines) is 1. The summed E-state index contributed by atoms with van der Waals surface area (Å²) in [5.41, 5.74) is -0.728. The highest BCUT2D eigenvalue weighted by Gasteiger charge is 2.50. The van der Waals surface area contributed by atoms with E-state index in [9.17, 15) is 14.7 Å². The molecule has 90 valence electrons. The third kappa shape index (κ3) is 2.11. The highest BCUT2D eigenvalue weighted by Crippen LogP contribution is 2.45. The first-order valence-electron chi connectivity index (χ1n) is 5.48. The molecule has 0 bridgehead atoms. The number of rotatable bonds is 3. The number of carboxylic acid groups (broad SMARTS) is 1. The summed E-state index contributed by atoms with van der Waals surface area (Å²) in [6, 6.07) is -0.274. The lowest BCUT2D eigenvalue weighted by Gasteiger charge is -2.18. The largest absolute Gasteiger partial charge is 0.481 e. The molecule has 2 aliphatic rings. The molecule has 3 N–H and O–H groups in total. The summed E-state index contributed by atoms with van der Waals surface area (Å²) in [5.74, 6) is -0.839. The van der Waals surface area contributed by atoms with Crippen molar-refractivity contribution in [2.24, 2.45) is 5.41 Å². The van der Waals surface area contributed by atoms with E-state index in [1.165, 1.54) is 4.90 Å². The normalized spacial score (nSPS) is 26.6. The summed E-state index contributed by atoms with van der Waals surface area (Å²) in [4.78, 5) is 24.0. The number of carbonyl (C=O) groups excluding carboxylic acids is 1. The van der Waals surface area contributed by atoms with Crippen LogP contribution in [0.1, 0.15) is 19.3 Å². The number of urea groups is 1. The van der Waals surface area contributed by atoms with Crippen LogP contribution in [0.15, 0.2) is 0 Å². The number of aliphatic hydroxyl groups excluding tert-OH is 1. The number of hydrogen-bond donors (Lipinski definition) is 3. The van der Waals surface area contributed by atoms with Crippen molar-refractivity contribution in [3.05, 3.63) is 0 Å². The Kier molecular flexibility index (Phi) is 2.75. The Morgan fingerprint density at radius 2 is 2.12 bits per heavy atom. The van der Waals surface area contributed by atoms with E-state index in [1.54, 1.807) is 0 Å². The summed E-state index contributed by atoms with van der Waals surface area (Å²) in [7, 11) is 0. The molecule has 6 heteroatoms. The zero-order chi connectivity index (χ0) is 11.8. The van der Waals surface area contributed by atoms with E-state index in [0.717, 1.165) is 0 Å². The van der Waals surface area contributed by atoms with Gasteiger partial charge in [0.1, 0.15) is 0 Å². The van der Waals surface area contributed by atoms with Crippen LogP contribution in [-0.2, 0) is 4.79 Å². The van der Waals surface area contributed by atoms with Crippen LogP contribution >= 0.6 is 0 Å². The van der Waals surface area contributed by atoms with Crippen molar-refractivity contribution in [2.75, 3.05) is 19.6 Å². The van der Waals surface area contributed by atoms with E-state index in [4.69, 9.17) is 5.11 Å². The Labute approximate surface area is 93.2 Å². The maximum Gasteiger partial charge on any atom is 0.317 e. The Morgan fingerprint density at radius 3 is 2.56 bits per heavy atom. The van der Waals surface area contributed by atoms with Crippen LogP contribution in [0.4, 0.5) is 4.79 Å². The minimum atomic E-state index is -0.839. The van der Waals surface area contributed by atoms with Gasteiger partial charge >= 0.3 is 12.0 Å². The van der Waals surface area contributed by atoms with Crippen molar-refractivity contribution >= 4 is 12.0 Å². The number of nitrogens with one attached hydrogen (secondary N) is 1. The lowest BCUT2D eigenvalue weighted by atomic mass is 10.1. The minimum Gasteiger partial charge on any atom is -0.481 e. The third-order valence-electron chi connectivity index (χ3n) is 3.34. The smallest absolute Gasteiger partial charge is 0.317 e. The zero-order valence-corrected chi connectivity index (χ0v) is 8.98. The van der Waals surface area contributed by atoms with Gasteiger partial charge in [-0.1, -0.05) is 0 Å². The van der Waals surface area contributed by atoms with Gasteiger partial charge in [0, 0.05) is 19.6 Å². The summed E-state index contributed by atoms with van der Waals surface area (Å²) >= 11 is 0. The summed E-state index contributed by atoms with van der Waals surface area (Å²) in [6.45, 7) is 1.06. The number of β-amino-alcohol motifs (C(OH)–C–C–N with tert-alkyl or cyclic N) is 1. The maximum atomic E-state index is 11.6. The molecule has 16 heavy (non-hydrogen) atoms. The molecule has 6 nitrogen and oxygen atoms in total. The summed E-state index contributed by atoms with van der Waals surface area (Å²) < 4.78 is 0. The Balaban J connectivity index is 1.78. The molecule has 1 unspecified atom stereocenters. The maximum absolute atomic E-state index is 11.6. The lowest BCUT2D eigenvalue weighted by molar-refractivity contribution is -0.143. The number of amides is 2. The van der Waals surface area contributed by atoms with Crippen LogP contribution < -0.4 is 5.32 Å².